The molecule has 3 N–H and O–H groups in total. The summed E-state index contributed by atoms with van der Waals surface area (Å²) in [6, 6.07) is 13.5. The SMILES string of the molecule is O=c1[nH]c2cc(Cc3ccccc3)cc(O)c2[nH]1. The molecule has 0 amide bonds. The van der Waals surface area contributed by atoms with Gasteiger partial charge in [-0.05, 0) is 29.7 Å². The van der Waals surface area contributed by atoms with Crippen molar-refractivity contribution in [3.63, 3.8) is 0 Å². The Hall–Kier alpha value is -2.49. The molecular formula is C14H12N2O2. The van der Waals surface area contributed by atoms with Crippen molar-refractivity contribution in [2.45, 2.75) is 6.42 Å². The molecule has 1 heterocycles. The molecule has 0 unspecified atom stereocenters. The first-order valence-corrected chi connectivity index (χ1v) is 5.70. The number of benzene rings is 2. The van der Waals surface area contributed by atoms with Crippen molar-refractivity contribution < 1.29 is 5.11 Å². The van der Waals surface area contributed by atoms with Crippen LogP contribution >= 0.6 is 0 Å². The van der Waals surface area contributed by atoms with Crippen LogP contribution in [0.1, 0.15) is 11.1 Å². The van der Waals surface area contributed by atoms with E-state index < -0.39 is 0 Å². The highest BCUT2D eigenvalue weighted by Crippen LogP contribution is 2.23. The van der Waals surface area contributed by atoms with E-state index in [4.69, 9.17) is 0 Å². The molecule has 4 nitrogen and oxygen atoms in total. The van der Waals surface area contributed by atoms with Gasteiger partial charge in [0.2, 0.25) is 0 Å². The van der Waals surface area contributed by atoms with Crippen molar-refractivity contribution >= 4 is 11.0 Å². The molecule has 18 heavy (non-hydrogen) atoms. The fourth-order valence-corrected chi connectivity index (χ4v) is 2.12. The Bertz CT molecular complexity index is 741. The van der Waals surface area contributed by atoms with Gasteiger partial charge in [0.05, 0.1) is 5.52 Å². The third-order valence-electron chi connectivity index (χ3n) is 2.92. The standard InChI is InChI=1S/C14H12N2O2/c17-12-8-10(6-9-4-2-1-3-5-9)7-11-13(12)16-14(18)15-11/h1-5,7-8,17H,6H2,(H2,15,16,18). The van der Waals surface area contributed by atoms with E-state index in [1.54, 1.807) is 6.07 Å². The first-order chi connectivity index (χ1) is 8.72. The number of phenols is 1. The number of aromatic nitrogens is 2. The fourth-order valence-electron chi connectivity index (χ4n) is 2.12. The van der Waals surface area contributed by atoms with Crippen LogP contribution in [0.5, 0.6) is 5.75 Å². The van der Waals surface area contributed by atoms with Crippen LogP contribution in [0.4, 0.5) is 0 Å². The maximum Gasteiger partial charge on any atom is 0.323 e. The van der Waals surface area contributed by atoms with Crippen LogP contribution in [-0.2, 0) is 6.42 Å². The summed E-state index contributed by atoms with van der Waals surface area (Å²) in [5.74, 6) is 0.0942. The van der Waals surface area contributed by atoms with E-state index in [1.807, 2.05) is 36.4 Å². The maximum atomic E-state index is 11.2. The van der Waals surface area contributed by atoms with Crippen LogP contribution in [-0.4, -0.2) is 15.1 Å². The largest absolute Gasteiger partial charge is 0.506 e. The fraction of sp³-hybridized carbons (Fsp3) is 0.0714. The maximum absolute atomic E-state index is 11.2. The Kier molecular flexibility index (Phi) is 2.41. The van der Waals surface area contributed by atoms with Gasteiger partial charge in [-0.15, -0.1) is 0 Å². The number of aromatic amines is 2. The lowest BCUT2D eigenvalue weighted by Gasteiger charge is -2.03. The first kappa shape index (κ1) is 10.7. The molecule has 0 spiro atoms. The second-order valence-electron chi connectivity index (χ2n) is 4.28. The summed E-state index contributed by atoms with van der Waals surface area (Å²) >= 11 is 0. The molecule has 3 rings (SSSR count). The smallest absolute Gasteiger partial charge is 0.323 e. The predicted octanol–water partition coefficient (Wildman–Crippen LogP) is 2.15. The van der Waals surface area contributed by atoms with Crippen molar-refractivity contribution in [3.8, 4) is 5.75 Å². The number of nitrogens with one attached hydrogen (secondary N) is 2. The molecule has 4 heteroatoms. The van der Waals surface area contributed by atoms with Crippen molar-refractivity contribution in [2.24, 2.45) is 0 Å². The van der Waals surface area contributed by atoms with Gasteiger partial charge in [-0.1, -0.05) is 30.3 Å². The summed E-state index contributed by atoms with van der Waals surface area (Å²) in [7, 11) is 0. The van der Waals surface area contributed by atoms with Gasteiger partial charge in [-0.2, -0.15) is 0 Å². The van der Waals surface area contributed by atoms with Crippen molar-refractivity contribution in [1.82, 2.24) is 9.97 Å². The van der Waals surface area contributed by atoms with Gasteiger partial charge in [0, 0.05) is 0 Å². The molecule has 3 aromatic rings. The number of imidazole rings is 1. The molecule has 1 aromatic heterocycles. The highest BCUT2D eigenvalue weighted by molar-refractivity contribution is 5.81. The molecule has 0 saturated heterocycles. The van der Waals surface area contributed by atoms with Gasteiger partial charge >= 0.3 is 5.69 Å². The van der Waals surface area contributed by atoms with E-state index in [0.717, 1.165) is 17.5 Å². The van der Waals surface area contributed by atoms with Gasteiger partial charge in [-0.3, -0.25) is 0 Å². The summed E-state index contributed by atoms with van der Waals surface area (Å²) in [5, 5.41) is 9.85. The third kappa shape index (κ3) is 1.88. The Morgan fingerprint density at radius 2 is 1.78 bits per heavy atom. The van der Waals surface area contributed by atoms with Crippen LogP contribution in [0.15, 0.2) is 47.3 Å². The average Bonchev–Trinajstić information content (AvgIpc) is 2.72. The van der Waals surface area contributed by atoms with Crippen LogP contribution < -0.4 is 5.69 Å². The molecule has 90 valence electrons. The molecule has 0 saturated carbocycles. The number of H-pyrrole nitrogens is 2. The topological polar surface area (TPSA) is 68.9 Å². The van der Waals surface area contributed by atoms with Gasteiger partial charge in [-0.25, -0.2) is 4.79 Å². The zero-order valence-electron chi connectivity index (χ0n) is 9.60. The number of rotatable bonds is 2. The minimum Gasteiger partial charge on any atom is -0.506 e. The normalized spacial score (nSPS) is 10.9. The van der Waals surface area contributed by atoms with E-state index in [0.29, 0.717) is 11.0 Å². The minimum absolute atomic E-state index is 0.0942. The number of hydrogen-bond donors (Lipinski definition) is 3. The molecular weight excluding hydrogens is 228 g/mol. The molecule has 0 aliphatic carbocycles. The second-order valence-corrected chi connectivity index (χ2v) is 4.28. The number of hydrogen-bond acceptors (Lipinski definition) is 2. The summed E-state index contributed by atoms with van der Waals surface area (Å²) < 4.78 is 0. The van der Waals surface area contributed by atoms with Crippen LogP contribution in [0.2, 0.25) is 0 Å². The van der Waals surface area contributed by atoms with Crippen molar-refractivity contribution in [1.29, 1.82) is 0 Å². The number of fused-ring (bicyclic) bond motifs is 1. The summed E-state index contributed by atoms with van der Waals surface area (Å²) in [5.41, 5.74) is 2.90. The minimum atomic E-state index is -0.308. The highest BCUT2D eigenvalue weighted by atomic mass is 16.3. The Labute approximate surface area is 103 Å². The zero-order chi connectivity index (χ0) is 12.5. The van der Waals surface area contributed by atoms with E-state index in [-0.39, 0.29) is 11.4 Å². The van der Waals surface area contributed by atoms with E-state index in [1.165, 1.54) is 0 Å². The molecule has 0 aliphatic heterocycles. The van der Waals surface area contributed by atoms with Crippen LogP contribution in [0, 0.1) is 0 Å². The predicted molar refractivity (Wildman–Crippen MR) is 69.8 cm³/mol. The van der Waals surface area contributed by atoms with Gasteiger partial charge in [0.1, 0.15) is 11.3 Å². The van der Waals surface area contributed by atoms with Gasteiger partial charge in [0.25, 0.3) is 0 Å². The van der Waals surface area contributed by atoms with Crippen LogP contribution in [0.3, 0.4) is 0 Å². The van der Waals surface area contributed by atoms with E-state index >= 15 is 0 Å². The Morgan fingerprint density at radius 3 is 2.56 bits per heavy atom. The molecule has 0 fully saturated rings. The first-order valence-electron chi connectivity index (χ1n) is 5.70. The van der Waals surface area contributed by atoms with Gasteiger partial charge < -0.3 is 15.1 Å². The zero-order valence-corrected chi connectivity index (χ0v) is 9.60. The van der Waals surface area contributed by atoms with E-state index in [2.05, 4.69) is 9.97 Å². The highest BCUT2D eigenvalue weighted by Gasteiger charge is 2.06. The lowest BCUT2D eigenvalue weighted by atomic mass is 10.0. The Balaban J connectivity index is 2.05. The molecule has 0 bridgehead atoms. The summed E-state index contributed by atoms with van der Waals surface area (Å²) in [4.78, 5) is 16.4. The molecule has 2 aromatic carbocycles. The lowest BCUT2D eigenvalue weighted by Crippen LogP contribution is -1.99. The summed E-state index contributed by atoms with van der Waals surface area (Å²) in [6.07, 6.45) is 0.720. The second kappa shape index (κ2) is 4.07. The third-order valence-corrected chi connectivity index (χ3v) is 2.92. The molecule has 0 atom stereocenters. The molecule has 0 radical (unpaired) electrons. The van der Waals surface area contributed by atoms with E-state index in [9.17, 15) is 9.90 Å². The Morgan fingerprint density at radius 1 is 1.00 bits per heavy atom. The van der Waals surface area contributed by atoms with Crippen molar-refractivity contribution in [2.75, 3.05) is 0 Å². The molecule has 0 aliphatic rings. The number of aromatic hydroxyl groups is 1. The average molecular weight is 240 g/mol. The van der Waals surface area contributed by atoms with Crippen LogP contribution in [0.25, 0.3) is 11.0 Å². The number of phenolic OH excluding ortho intramolecular Hbond substituents is 1. The quantitative estimate of drug-likeness (QED) is 0.642. The lowest BCUT2D eigenvalue weighted by molar-refractivity contribution is 0.480. The monoisotopic (exact) mass is 240 g/mol. The van der Waals surface area contributed by atoms with Crippen molar-refractivity contribution in [3.05, 3.63) is 64.1 Å². The summed E-state index contributed by atoms with van der Waals surface area (Å²) in [6.45, 7) is 0. The van der Waals surface area contributed by atoms with Gasteiger partial charge in [0.15, 0.2) is 0 Å².